The average molecular weight is 338 g/mol. The quantitative estimate of drug-likeness (QED) is 0.443. The van der Waals surface area contributed by atoms with E-state index in [4.69, 9.17) is 4.18 Å². The molecule has 0 aromatic heterocycles. The van der Waals surface area contributed by atoms with Gasteiger partial charge in [0.25, 0.3) is 10.1 Å². The van der Waals surface area contributed by atoms with Crippen LogP contribution >= 0.6 is 0 Å². The molecule has 1 fully saturated rings. The molecule has 0 aromatic carbocycles. The molecule has 3 atom stereocenters. The number of hydrogen-bond donors (Lipinski definition) is 2. The van der Waals surface area contributed by atoms with Crippen LogP contribution in [0.25, 0.3) is 0 Å². The maximum absolute atomic E-state index is 11.2. The topological polar surface area (TPSA) is 110 Å². The fourth-order valence-electron chi connectivity index (χ4n) is 2.73. The molecule has 1 saturated carbocycles. The van der Waals surface area contributed by atoms with Crippen molar-refractivity contribution in [3.05, 3.63) is 0 Å². The van der Waals surface area contributed by atoms with Gasteiger partial charge in [-0.1, -0.05) is 6.92 Å². The molecule has 0 aromatic rings. The summed E-state index contributed by atoms with van der Waals surface area (Å²) >= 11 is 0. The number of methoxy groups -OCH3 is 1. The van der Waals surface area contributed by atoms with E-state index in [1.807, 2.05) is 6.92 Å². The molecule has 8 heteroatoms. The SMILES string of the molecule is COC(=O)CC(O)C[C@H](O)C[C@@H](C)CC1(OS(C)(=O)=O)CC1. The van der Waals surface area contributed by atoms with Crippen molar-refractivity contribution in [1.29, 1.82) is 0 Å². The fourth-order valence-corrected chi connectivity index (χ4v) is 3.61. The molecule has 1 aliphatic rings. The van der Waals surface area contributed by atoms with E-state index in [0.29, 0.717) is 25.7 Å². The third-order valence-corrected chi connectivity index (χ3v) is 4.36. The Balaban J connectivity index is 2.35. The van der Waals surface area contributed by atoms with Crippen molar-refractivity contribution in [2.45, 2.75) is 63.3 Å². The van der Waals surface area contributed by atoms with Crippen LogP contribution in [0.4, 0.5) is 0 Å². The molecule has 2 N–H and O–H groups in total. The van der Waals surface area contributed by atoms with E-state index in [9.17, 15) is 23.4 Å². The minimum atomic E-state index is -3.48. The summed E-state index contributed by atoms with van der Waals surface area (Å²) in [6, 6.07) is 0. The summed E-state index contributed by atoms with van der Waals surface area (Å²) in [7, 11) is -2.24. The zero-order chi connectivity index (χ0) is 17.0. The van der Waals surface area contributed by atoms with Crippen LogP contribution in [0.5, 0.6) is 0 Å². The number of rotatable bonds is 10. The Morgan fingerprint density at radius 2 is 1.82 bits per heavy atom. The lowest BCUT2D eigenvalue weighted by atomic mass is 9.93. The Morgan fingerprint density at radius 1 is 1.23 bits per heavy atom. The first-order valence-electron chi connectivity index (χ1n) is 7.39. The van der Waals surface area contributed by atoms with Gasteiger partial charge >= 0.3 is 5.97 Å². The number of aliphatic hydroxyl groups is 2. The molecule has 0 saturated heterocycles. The summed E-state index contributed by atoms with van der Waals surface area (Å²) in [5.74, 6) is -0.476. The van der Waals surface area contributed by atoms with Crippen LogP contribution in [0, 0.1) is 5.92 Å². The number of aliphatic hydroxyl groups excluding tert-OH is 2. The van der Waals surface area contributed by atoms with Crippen LogP contribution in [-0.4, -0.2) is 55.8 Å². The summed E-state index contributed by atoms with van der Waals surface area (Å²) in [5.41, 5.74) is -0.614. The van der Waals surface area contributed by atoms with Crippen molar-refractivity contribution >= 4 is 16.1 Å². The highest BCUT2D eigenvalue weighted by atomic mass is 32.2. The molecular weight excluding hydrogens is 312 g/mol. The number of carbonyl (C=O) groups is 1. The van der Waals surface area contributed by atoms with Gasteiger partial charge in [0.15, 0.2) is 0 Å². The lowest BCUT2D eigenvalue weighted by Gasteiger charge is -2.22. The van der Waals surface area contributed by atoms with E-state index in [0.717, 1.165) is 6.26 Å². The highest BCUT2D eigenvalue weighted by Gasteiger charge is 2.47. The van der Waals surface area contributed by atoms with Crippen LogP contribution in [0.3, 0.4) is 0 Å². The molecule has 130 valence electrons. The molecule has 0 heterocycles. The van der Waals surface area contributed by atoms with Crippen LogP contribution in [-0.2, 0) is 23.8 Å². The van der Waals surface area contributed by atoms with Crippen LogP contribution in [0.15, 0.2) is 0 Å². The number of ether oxygens (including phenoxy) is 1. The molecular formula is C14H26O7S. The zero-order valence-corrected chi connectivity index (χ0v) is 14.1. The Labute approximate surface area is 131 Å². The second-order valence-electron chi connectivity index (χ2n) is 6.34. The molecule has 1 rings (SSSR count). The van der Waals surface area contributed by atoms with Crippen LogP contribution in [0.2, 0.25) is 0 Å². The minimum absolute atomic E-state index is 0.0459. The Bertz CT molecular complexity index is 470. The molecule has 0 radical (unpaired) electrons. The zero-order valence-electron chi connectivity index (χ0n) is 13.3. The number of esters is 1. The third kappa shape index (κ3) is 7.53. The van der Waals surface area contributed by atoms with Gasteiger partial charge in [-0.05, 0) is 38.0 Å². The molecule has 7 nitrogen and oxygen atoms in total. The van der Waals surface area contributed by atoms with Crippen LogP contribution in [0.1, 0.15) is 45.4 Å². The molecule has 0 spiro atoms. The summed E-state index contributed by atoms with van der Waals surface area (Å²) in [6.45, 7) is 1.90. The standard InChI is InChI=1S/C14H26O7S/c1-10(9-14(4-5-14)21-22(3,18)19)6-11(15)7-12(16)8-13(17)20-2/h10-12,15-16H,4-9H2,1-3H3/t10-,11-,12?/m1/s1. The molecule has 0 bridgehead atoms. The molecule has 0 aliphatic heterocycles. The van der Waals surface area contributed by atoms with Gasteiger partial charge < -0.3 is 14.9 Å². The summed E-state index contributed by atoms with van der Waals surface area (Å²) < 4.78 is 32.0. The van der Waals surface area contributed by atoms with Gasteiger partial charge in [0, 0.05) is 0 Å². The van der Waals surface area contributed by atoms with Gasteiger partial charge in [-0.15, -0.1) is 0 Å². The summed E-state index contributed by atoms with van der Waals surface area (Å²) in [6.07, 6.45) is 1.62. The lowest BCUT2D eigenvalue weighted by molar-refractivity contribution is -0.143. The molecule has 0 amide bonds. The maximum Gasteiger partial charge on any atom is 0.308 e. The minimum Gasteiger partial charge on any atom is -0.469 e. The fraction of sp³-hybridized carbons (Fsp3) is 0.929. The van der Waals surface area contributed by atoms with E-state index >= 15 is 0 Å². The van der Waals surface area contributed by atoms with E-state index in [1.54, 1.807) is 0 Å². The smallest absolute Gasteiger partial charge is 0.308 e. The third-order valence-electron chi connectivity index (χ3n) is 3.70. The second kappa shape index (κ2) is 7.72. The van der Waals surface area contributed by atoms with Crippen molar-refractivity contribution in [2.24, 2.45) is 5.92 Å². The van der Waals surface area contributed by atoms with Crippen molar-refractivity contribution in [3.63, 3.8) is 0 Å². The number of hydrogen-bond acceptors (Lipinski definition) is 7. The first-order chi connectivity index (χ1) is 10.1. The monoisotopic (exact) mass is 338 g/mol. The summed E-state index contributed by atoms with van der Waals surface area (Å²) in [4.78, 5) is 11.0. The normalized spacial score (nSPS) is 21.0. The second-order valence-corrected chi connectivity index (χ2v) is 7.91. The van der Waals surface area contributed by atoms with E-state index in [2.05, 4.69) is 4.74 Å². The highest BCUT2D eigenvalue weighted by Crippen LogP contribution is 2.46. The lowest BCUT2D eigenvalue weighted by Crippen LogP contribution is -2.26. The summed E-state index contributed by atoms with van der Waals surface area (Å²) in [5, 5.41) is 19.6. The Kier molecular flexibility index (Phi) is 6.79. The van der Waals surface area contributed by atoms with Crippen molar-refractivity contribution < 1.29 is 32.3 Å². The van der Waals surface area contributed by atoms with Crippen LogP contribution < -0.4 is 0 Å². The van der Waals surface area contributed by atoms with Gasteiger partial charge in [-0.2, -0.15) is 8.42 Å². The van der Waals surface area contributed by atoms with Gasteiger partial charge in [-0.25, -0.2) is 0 Å². The van der Waals surface area contributed by atoms with Gasteiger partial charge in [0.05, 0.1) is 37.6 Å². The van der Waals surface area contributed by atoms with Gasteiger partial charge in [0.1, 0.15) is 0 Å². The van der Waals surface area contributed by atoms with E-state index < -0.39 is 33.9 Å². The van der Waals surface area contributed by atoms with Crippen molar-refractivity contribution in [2.75, 3.05) is 13.4 Å². The van der Waals surface area contributed by atoms with Crippen molar-refractivity contribution in [3.8, 4) is 0 Å². The van der Waals surface area contributed by atoms with E-state index in [-0.39, 0.29) is 18.8 Å². The molecule has 1 aliphatic carbocycles. The Hall–Kier alpha value is -0.700. The van der Waals surface area contributed by atoms with Crippen molar-refractivity contribution in [1.82, 2.24) is 0 Å². The average Bonchev–Trinajstić information content (AvgIpc) is 3.04. The number of carbonyl (C=O) groups excluding carboxylic acids is 1. The largest absolute Gasteiger partial charge is 0.469 e. The maximum atomic E-state index is 11.2. The Morgan fingerprint density at radius 3 is 2.27 bits per heavy atom. The molecule has 22 heavy (non-hydrogen) atoms. The highest BCUT2D eigenvalue weighted by molar-refractivity contribution is 7.86. The predicted molar refractivity (Wildman–Crippen MR) is 79.6 cm³/mol. The van der Waals surface area contributed by atoms with Gasteiger partial charge in [-0.3, -0.25) is 8.98 Å². The first-order valence-corrected chi connectivity index (χ1v) is 9.20. The van der Waals surface area contributed by atoms with E-state index in [1.165, 1.54) is 7.11 Å². The van der Waals surface area contributed by atoms with Gasteiger partial charge in [0.2, 0.25) is 0 Å². The first kappa shape index (κ1) is 19.3. The molecule has 1 unspecified atom stereocenters. The predicted octanol–water partition coefficient (Wildman–Crippen LogP) is 0.586.